The molecule has 1 N–H and O–H groups in total. The van der Waals surface area contributed by atoms with Crippen LogP contribution < -0.4 is 10.2 Å². The fourth-order valence-electron chi connectivity index (χ4n) is 5.69. The smallest absolute Gasteiger partial charge is 0.336 e. The fraction of sp³-hybridized carbons (Fsp3) is 0.367. The van der Waals surface area contributed by atoms with Crippen LogP contribution in [0.4, 0.5) is 28.4 Å². The number of rotatable bonds is 8. The van der Waals surface area contributed by atoms with E-state index >= 15 is 0 Å². The monoisotopic (exact) mass is 579 g/mol. The third-order valence-corrected chi connectivity index (χ3v) is 7.68. The molecular weight excluding hydrogens is 551 g/mol. The number of hydrogen-bond acceptors (Lipinski definition) is 5. The van der Waals surface area contributed by atoms with Gasteiger partial charge in [-0.2, -0.15) is 18.4 Å². The number of nitriles is 1. The second kappa shape index (κ2) is 11.7. The van der Waals surface area contributed by atoms with E-state index < -0.39 is 30.4 Å². The first kappa shape index (κ1) is 28.9. The zero-order chi connectivity index (χ0) is 30.0. The molecule has 12 heteroatoms. The average Bonchev–Trinajstić information content (AvgIpc) is 3.38. The van der Waals surface area contributed by atoms with Crippen molar-refractivity contribution in [2.75, 3.05) is 31.1 Å². The van der Waals surface area contributed by atoms with Crippen molar-refractivity contribution in [2.45, 2.75) is 44.3 Å². The molecule has 218 valence electrons. The van der Waals surface area contributed by atoms with E-state index in [1.54, 1.807) is 29.2 Å². The van der Waals surface area contributed by atoms with Gasteiger partial charge in [-0.3, -0.25) is 14.5 Å². The molecule has 9 nitrogen and oxygen atoms in total. The predicted molar refractivity (Wildman–Crippen MR) is 145 cm³/mol. The van der Waals surface area contributed by atoms with Gasteiger partial charge < -0.3 is 15.1 Å². The standard InChI is InChI=1S/C30H28F3N5O4/c31-30(32,33)21-4-1-5-22(16-21)38-24-7-2-8-25(40)26(24)27(20-11-9-19(17-34)10-12-20)37(29(38)42)18-23(39)6-3-14-36-15-13-35-28(36)41/h1,4-5,9-12,16,27H,2-3,6-8,13-15,18H2,(H,35,41). The molecule has 1 fully saturated rings. The van der Waals surface area contributed by atoms with Gasteiger partial charge in [0.25, 0.3) is 0 Å². The first-order valence-corrected chi connectivity index (χ1v) is 13.7. The van der Waals surface area contributed by atoms with Crippen molar-refractivity contribution >= 4 is 29.3 Å². The quantitative estimate of drug-likeness (QED) is 0.476. The van der Waals surface area contributed by atoms with Gasteiger partial charge in [0, 0.05) is 43.7 Å². The van der Waals surface area contributed by atoms with Crippen LogP contribution in [-0.2, 0) is 15.8 Å². The number of benzene rings is 2. The van der Waals surface area contributed by atoms with Crippen LogP contribution in [0.25, 0.3) is 0 Å². The van der Waals surface area contributed by atoms with Crippen molar-refractivity contribution in [3.63, 3.8) is 0 Å². The molecule has 0 saturated carbocycles. The summed E-state index contributed by atoms with van der Waals surface area (Å²) >= 11 is 0. The molecule has 1 saturated heterocycles. The van der Waals surface area contributed by atoms with Crippen LogP contribution >= 0.6 is 0 Å². The van der Waals surface area contributed by atoms with Crippen molar-refractivity contribution < 1.29 is 32.3 Å². The van der Waals surface area contributed by atoms with Crippen molar-refractivity contribution in [3.8, 4) is 6.07 Å². The van der Waals surface area contributed by atoms with Gasteiger partial charge in [-0.05, 0) is 55.2 Å². The highest BCUT2D eigenvalue weighted by Gasteiger charge is 2.45. The van der Waals surface area contributed by atoms with E-state index in [0.717, 1.165) is 17.0 Å². The van der Waals surface area contributed by atoms with Crippen molar-refractivity contribution in [3.05, 3.63) is 76.5 Å². The van der Waals surface area contributed by atoms with Gasteiger partial charge >= 0.3 is 18.2 Å². The largest absolute Gasteiger partial charge is 0.416 e. The molecule has 1 atom stereocenters. The Morgan fingerprint density at radius 3 is 2.50 bits per heavy atom. The summed E-state index contributed by atoms with van der Waals surface area (Å²) in [4.78, 5) is 56.6. The zero-order valence-corrected chi connectivity index (χ0v) is 22.6. The lowest BCUT2D eigenvalue weighted by Gasteiger charge is -2.45. The predicted octanol–water partition coefficient (Wildman–Crippen LogP) is 4.94. The van der Waals surface area contributed by atoms with Crippen LogP contribution in [0.3, 0.4) is 0 Å². The van der Waals surface area contributed by atoms with Gasteiger partial charge in [0.1, 0.15) is 0 Å². The normalized spacial score (nSPS) is 19.1. The number of allylic oxidation sites excluding steroid dienone is 1. The highest BCUT2D eigenvalue weighted by molar-refractivity contribution is 6.07. The molecule has 2 aromatic rings. The maximum atomic E-state index is 14.2. The first-order valence-electron chi connectivity index (χ1n) is 13.7. The SMILES string of the molecule is N#Cc1ccc(C2C3=C(CCCC3=O)N(c3cccc(C(F)(F)F)c3)C(=O)N2CC(=O)CCCN2CCNC2=O)cc1. The van der Waals surface area contributed by atoms with Crippen LogP contribution in [0.5, 0.6) is 0 Å². The zero-order valence-electron chi connectivity index (χ0n) is 22.6. The summed E-state index contributed by atoms with van der Waals surface area (Å²) in [7, 11) is 0. The third kappa shape index (κ3) is 5.72. The maximum Gasteiger partial charge on any atom is 0.416 e. The van der Waals surface area contributed by atoms with Crippen LogP contribution in [0.15, 0.2) is 59.8 Å². The van der Waals surface area contributed by atoms with Gasteiger partial charge in [0.15, 0.2) is 11.6 Å². The molecule has 5 rings (SSSR count). The highest BCUT2D eigenvalue weighted by Crippen LogP contribution is 2.44. The van der Waals surface area contributed by atoms with Crippen LogP contribution in [-0.4, -0.2) is 59.6 Å². The number of nitrogens with zero attached hydrogens (tertiary/aromatic N) is 4. The lowest BCUT2D eigenvalue weighted by atomic mass is 9.83. The minimum Gasteiger partial charge on any atom is -0.336 e. The summed E-state index contributed by atoms with van der Waals surface area (Å²) in [5.74, 6) is -0.578. The average molecular weight is 580 g/mol. The summed E-state index contributed by atoms with van der Waals surface area (Å²) in [5.41, 5.74) is 0.449. The van der Waals surface area contributed by atoms with Crippen LogP contribution in [0.2, 0.25) is 0 Å². The fourth-order valence-corrected chi connectivity index (χ4v) is 5.69. The van der Waals surface area contributed by atoms with Gasteiger partial charge in [-0.15, -0.1) is 0 Å². The van der Waals surface area contributed by atoms with Crippen molar-refractivity contribution in [1.82, 2.24) is 15.1 Å². The number of amides is 4. The number of carbonyl (C=O) groups is 4. The summed E-state index contributed by atoms with van der Waals surface area (Å²) in [6, 6.07) is 10.8. The molecule has 2 aromatic carbocycles. The number of ketones is 2. The molecule has 4 amide bonds. The Kier molecular flexibility index (Phi) is 8.02. The lowest BCUT2D eigenvalue weighted by Crippen LogP contribution is -2.53. The van der Waals surface area contributed by atoms with E-state index in [4.69, 9.17) is 0 Å². The van der Waals surface area contributed by atoms with Gasteiger partial charge in [0.05, 0.1) is 35.5 Å². The topological polar surface area (TPSA) is 114 Å². The number of hydrogen-bond donors (Lipinski definition) is 1. The Labute approximate surface area is 240 Å². The highest BCUT2D eigenvalue weighted by atomic mass is 19.4. The molecule has 0 radical (unpaired) electrons. The van der Waals surface area contributed by atoms with Gasteiger partial charge in [-0.25, -0.2) is 9.59 Å². The molecule has 0 bridgehead atoms. The second-order valence-electron chi connectivity index (χ2n) is 10.4. The number of urea groups is 2. The number of carbonyl (C=O) groups excluding carboxylic acids is 4. The summed E-state index contributed by atoms with van der Waals surface area (Å²) in [5, 5.41) is 12.0. The molecule has 3 aliphatic rings. The van der Waals surface area contributed by atoms with E-state index in [-0.39, 0.29) is 48.1 Å². The number of anilines is 1. The molecule has 1 aliphatic carbocycles. The number of Topliss-reactive ketones (excluding diaryl/α,β-unsaturated/α-hetero) is 2. The molecule has 2 aliphatic heterocycles. The van der Waals surface area contributed by atoms with Gasteiger partial charge in [0.2, 0.25) is 0 Å². The third-order valence-electron chi connectivity index (χ3n) is 7.68. The first-order chi connectivity index (χ1) is 20.1. The summed E-state index contributed by atoms with van der Waals surface area (Å²) in [6.45, 7) is 1.02. The Morgan fingerprint density at radius 2 is 1.83 bits per heavy atom. The lowest BCUT2D eigenvalue weighted by molar-refractivity contribution is -0.137. The molecule has 1 unspecified atom stereocenters. The Hall–Kier alpha value is -4.66. The van der Waals surface area contributed by atoms with E-state index in [1.807, 2.05) is 6.07 Å². The van der Waals surface area contributed by atoms with E-state index in [1.165, 1.54) is 17.0 Å². The summed E-state index contributed by atoms with van der Waals surface area (Å²) in [6.07, 6.45) is -3.34. The minimum absolute atomic E-state index is 0.0483. The van der Waals surface area contributed by atoms with Crippen LogP contribution in [0, 0.1) is 11.3 Å². The molecule has 42 heavy (non-hydrogen) atoms. The van der Waals surface area contributed by atoms with Crippen molar-refractivity contribution in [1.29, 1.82) is 5.26 Å². The van der Waals surface area contributed by atoms with Gasteiger partial charge in [-0.1, -0.05) is 18.2 Å². The molecule has 0 spiro atoms. The Balaban J connectivity index is 1.54. The number of nitrogens with one attached hydrogen (secondary N) is 1. The van der Waals surface area contributed by atoms with E-state index in [0.29, 0.717) is 49.3 Å². The summed E-state index contributed by atoms with van der Waals surface area (Å²) < 4.78 is 40.8. The van der Waals surface area contributed by atoms with E-state index in [2.05, 4.69) is 5.32 Å². The number of alkyl halides is 3. The molecular formula is C30H28F3N5O4. The minimum atomic E-state index is -4.65. The van der Waals surface area contributed by atoms with Crippen molar-refractivity contribution in [2.24, 2.45) is 0 Å². The molecule has 0 aromatic heterocycles. The maximum absolute atomic E-state index is 14.2. The Bertz CT molecular complexity index is 1500. The van der Waals surface area contributed by atoms with Crippen LogP contribution in [0.1, 0.15) is 54.8 Å². The molecule has 2 heterocycles. The second-order valence-corrected chi connectivity index (χ2v) is 10.4. The Morgan fingerprint density at radius 1 is 1.07 bits per heavy atom. The van der Waals surface area contributed by atoms with E-state index in [9.17, 15) is 37.6 Å². The number of halogens is 3.